The Kier molecular flexibility index (Phi) is 3.76. The van der Waals surface area contributed by atoms with E-state index in [2.05, 4.69) is 0 Å². The first kappa shape index (κ1) is 13.4. The monoisotopic (exact) mass is 264 g/mol. The lowest BCUT2D eigenvalue weighted by Crippen LogP contribution is -2.28. The van der Waals surface area contributed by atoms with E-state index in [4.69, 9.17) is 5.73 Å². The van der Waals surface area contributed by atoms with E-state index in [-0.39, 0.29) is 17.7 Å². The van der Waals surface area contributed by atoms with Crippen LogP contribution in [0.4, 0.5) is 8.78 Å². The second-order valence-corrected chi connectivity index (χ2v) is 4.37. The van der Waals surface area contributed by atoms with Gasteiger partial charge in [0, 0.05) is 23.9 Å². The summed E-state index contributed by atoms with van der Waals surface area (Å²) in [4.78, 5) is 11.7. The van der Waals surface area contributed by atoms with E-state index in [9.17, 15) is 13.6 Å². The summed E-state index contributed by atoms with van der Waals surface area (Å²) in [5.74, 6) is -1.90. The number of hydrogen-bond acceptors (Lipinski definition) is 2. The fraction of sp³-hybridized carbons (Fsp3) is 0.214. The molecule has 1 aromatic heterocycles. The molecule has 0 bridgehead atoms. The van der Waals surface area contributed by atoms with Crippen LogP contribution in [0.15, 0.2) is 41.2 Å². The van der Waals surface area contributed by atoms with Crippen molar-refractivity contribution in [1.29, 1.82) is 0 Å². The van der Waals surface area contributed by atoms with Crippen molar-refractivity contribution >= 4 is 0 Å². The molecule has 0 fully saturated rings. The number of aromatic nitrogens is 1. The Morgan fingerprint density at radius 1 is 1.21 bits per heavy atom. The fourth-order valence-electron chi connectivity index (χ4n) is 1.96. The average molecular weight is 264 g/mol. The summed E-state index contributed by atoms with van der Waals surface area (Å²) < 4.78 is 28.2. The van der Waals surface area contributed by atoms with Crippen molar-refractivity contribution in [3.8, 4) is 0 Å². The normalized spacial score (nSPS) is 12.4. The fourth-order valence-corrected chi connectivity index (χ4v) is 1.96. The summed E-state index contributed by atoms with van der Waals surface area (Å²) >= 11 is 0. The van der Waals surface area contributed by atoms with Crippen LogP contribution in [0.1, 0.15) is 17.3 Å². The molecule has 0 saturated carbocycles. The third-order valence-electron chi connectivity index (χ3n) is 3.03. The van der Waals surface area contributed by atoms with Crippen LogP contribution in [0.5, 0.6) is 0 Å². The number of halogens is 2. The molecule has 0 amide bonds. The van der Waals surface area contributed by atoms with Gasteiger partial charge in [0.05, 0.1) is 6.04 Å². The van der Waals surface area contributed by atoms with Crippen molar-refractivity contribution in [1.82, 2.24) is 4.57 Å². The molecule has 2 N–H and O–H groups in total. The van der Waals surface area contributed by atoms with E-state index in [1.807, 2.05) is 0 Å². The molecule has 0 spiro atoms. The van der Waals surface area contributed by atoms with Crippen molar-refractivity contribution < 1.29 is 8.78 Å². The smallest absolute Gasteiger partial charge is 0.250 e. The number of benzene rings is 1. The van der Waals surface area contributed by atoms with Crippen LogP contribution in [0.3, 0.4) is 0 Å². The van der Waals surface area contributed by atoms with E-state index in [1.54, 1.807) is 19.1 Å². The molecule has 19 heavy (non-hydrogen) atoms. The number of aryl methyl sites for hydroxylation is 1. The molecule has 100 valence electrons. The number of hydrogen-bond donors (Lipinski definition) is 1. The van der Waals surface area contributed by atoms with Gasteiger partial charge in [0.2, 0.25) is 0 Å². The molecule has 1 unspecified atom stereocenters. The molecule has 5 heteroatoms. The summed E-state index contributed by atoms with van der Waals surface area (Å²) in [7, 11) is 0. The highest BCUT2D eigenvalue weighted by Crippen LogP contribution is 2.18. The number of pyridine rings is 1. The summed E-state index contributed by atoms with van der Waals surface area (Å²) in [6.07, 6.45) is 0. The Bertz CT molecular complexity index is 652. The summed E-state index contributed by atoms with van der Waals surface area (Å²) in [6.45, 7) is 1.86. The van der Waals surface area contributed by atoms with Gasteiger partial charge in [0.1, 0.15) is 0 Å². The van der Waals surface area contributed by atoms with Gasteiger partial charge in [-0.05, 0) is 19.1 Å². The highest BCUT2D eigenvalue weighted by molar-refractivity contribution is 5.22. The molecule has 0 aliphatic carbocycles. The maximum absolute atomic E-state index is 13.6. The molecule has 3 nitrogen and oxygen atoms in total. The molecule has 0 aliphatic rings. The maximum atomic E-state index is 13.6. The van der Waals surface area contributed by atoms with Crippen LogP contribution < -0.4 is 11.3 Å². The van der Waals surface area contributed by atoms with Gasteiger partial charge < -0.3 is 10.3 Å². The Hall–Kier alpha value is -2.01. The second-order valence-electron chi connectivity index (χ2n) is 4.37. The minimum absolute atomic E-state index is 0.0650. The molecule has 0 aliphatic heterocycles. The largest absolute Gasteiger partial charge is 0.322 e. The minimum atomic E-state index is -0.961. The number of nitrogens with zero attached hydrogens (tertiary/aromatic N) is 1. The summed E-state index contributed by atoms with van der Waals surface area (Å²) in [5, 5.41) is 0. The van der Waals surface area contributed by atoms with Gasteiger partial charge in [-0.1, -0.05) is 18.2 Å². The predicted molar refractivity (Wildman–Crippen MR) is 68.7 cm³/mol. The third-order valence-corrected chi connectivity index (χ3v) is 3.03. The summed E-state index contributed by atoms with van der Waals surface area (Å²) in [5.41, 5.74) is 6.44. The molecule has 1 aromatic carbocycles. The zero-order valence-electron chi connectivity index (χ0n) is 10.4. The maximum Gasteiger partial charge on any atom is 0.250 e. The van der Waals surface area contributed by atoms with Gasteiger partial charge in [-0.25, -0.2) is 8.78 Å². The quantitative estimate of drug-likeness (QED) is 0.923. The van der Waals surface area contributed by atoms with Crippen LogP contribution in [0, 0.1) is 18.6 Å². The lowest BCUT2D eigenvalue weighted by Gasteiger charge is -2.16. The number of rotatable bonds is 3. The molecule has 2 aromatic rings. The topological polar surface area (TPSA) is 48.0 Å². The minimum Gasteiger partial charge on any atom is -0.322 e. The first-order chi connectivity index (χ1) is 9.00. The van der Waals surface area contributed by atoms with Gasteiger partial charge in [-0.15, -0.1) is 0 Å². The molecular formula is C14H14F2N2O. The first-order valence-electron chi connectivity index (χ1n) is 5.86. The third kappa shape index (κ3) is 2.71. The van der Waals surface area contributed by atoms with Gasteiger partial charge in [0.15, 0.2) is 11.6 Å². The highest BCUT2D eigenvalue weighted by atomic mass is 19.2. The van der Waals surface area contributed by atoms with Gasteiger partial charge in [-0.2, -0.15) is 0 Å². The average Bonchev–Trinajstić information content (AvgIpc) is 2.37. The van der Waals surface area contributed by atoms with Crippen molar-refractivity contribution in [3.63, 3.8) is 0 Å². The molecule has 2 rings (SSSR count). The summed E-state index contributed by atoms with van der Waals surface area (Å²) in [6, 6.07) is 7.88. The van der Waals surface area contributed by atoms with Crippen LogP contribution in [-0.2, 0) is 6.54 Å². The van der Waals surface area contributed by atoms with E-state index in [0.717, 1.165) is 11.8 Å². The van der Waals surface area contributed by atoms with Crippen LogP contribution >= 0.6 is 0 Å². The molecule has 1 heterocycles. The SMILES string of the molecule is Cc1cccc(=O)n1CC(N)c1cccc(F)c1F. The van der Waals surface area contributed by atoms with E-state index in [0.29, 0.717) is 0 Å². The van der Waals surface area contributed by atoms with Crippen LogP contribution in [0.25, 0.3) is 0 Å². The Morgan fingerprint density at radius 3 is 2.58 bits per heavy atom. The standard InChI is InChI=1S/C14H14F2N2O/c1-9-4-2-7-13(19)18(9)8-12(17)10-5-3-6-11(15)14(10)16/h2-7,12H,8,17H2,1H3. The van der Waals surface area contributed by atoms with Crippen molar-refractivity contribution in [2.24, 2.45) is 5.73 Å². The van der Waals surface area contributed by atoms with Crippen LogP contribution in [-0.4, -0.2) is 4.57 Å². The first-order valence-corrected chi connectivity index (χ1v) is 5.86. The Labute approximate surface area is 109 Å². The van der Waals surface area contributed by atoms with Crippen LogP contribution in [0.2, 0.25) is 0 Å². The Morgan fingerprint density at radius 2 is 1.89 bits per heavy atom. The molecule has 1 atom stereocenters. The molecule has 0 saturated heterocycles. The zero-order valence-corrected chi connectivity index (χ0v) is 10.4. The van der Waals surface area contributed by atoms with Gasteiger partial charge in [-0.3, -0.25) is 4.79 Å². The van der Waals surface area contributed by atoms with E-state index >= 15 is 0 Å². The van der Waals surface area contributed by atoms with Gasteiger partial charge in [0.25, 0.3) is 5.56 Å². The lowest BCUT2D eigenvalue weighted by atomic mass is 10.1. The molecule has 0 radical (unpaired) electrons. The highest BCUT2D eigenvalue weighted by Gasteiger charge is 2.16. The van der Waals surface area contributed by atoms with Crippen molar-refractivity contribution in [2.45, 2.75) is 19.5 Å². The second kappa shape index (κ2) is 5.32. The van der Waals surface area contributed by atoms with E-state index in [1.165, 1.54) is 22.8 Å². The van der Waals surface area contributed by atoms with E-state index < -0.39 is 17.7 Å². The predicted octanol–water partition coefficient (Wildman–Crippen LogP) is 2.13. The molecular weight excluding hydrogens is 250 g/mol. The Balaban J connectivity index is 2.34. The van der Waals surface area contributed by atoms with Crippen molar-refractivity contribution in [3.05, 3.63) is 69.6 Å². The van der Waals surface area contributed by atoms with Gasteiger partial charge >= 0.3 is 0 Å². The zero-order chi connectivity index (χ0) is 14.0. The van der Waals surface area contributed by atoms with Crippen molar-refractivity contribution in [2.75, 3.05) is 0 Å². The number of nitrogens with two attached hydrogens (primary N) is 1. The lowest BCUT2D eigenvalue weighted by molar-refractivity contribution is 0.470.